The van der Waals surface area contributed by atoms with Crippen molar-refractivity contribution >= 4 is 27.8 Å². The number of nitrogens with two attached hydrogens (primary N) is 1. The quantitative estimate of drug-likeness (QED) is 0.936. The van der Waals surface area contributed by atoms with Crippen molar-refractivity contribution in [3.05, 3.63) is 22.4 Å². The molecule has 96 valence electrons. The lowest BCUT2D eigenvalue weighted by molar-refractivity contribution is 0.221. The minimum Gasteiger partial charge on any atom is -0.375 e. The van der Waals surface area contributed by atoms with Crippen molar-refractivity contribution in [3.63, 3.8) is 0 Å². The van der Waals surface area contributed by atoms with E-state index in [2.05, 4.69) is 21.3 Å². The number of aromatic nitrogens is 1. The molecule has 18 heavy (non-hydrogen) atoms. The molecule has 3 heterocycles. The van der Waals surface area contributed by atoms with Crippen LogP contribution in [0.2, 0.25) is 0 Å². The lowest BCUT2D eigenvalue weighted by Crippen LogP contribution is -2.28. The summed E-state index contributed by atoms with van der Waals surface area (Å²) in [6.45, 7) is 3.57. The van der Waals surface area contributed by atoms with E-state index in [1.807, 2.05) is 5.38 Å². The first-order valence-corrected chi connectivity index (χ1v) is 8.08. The molecule has 3 rings (SSSR count). The Kier molecular flexibility index (Phi) is 3.63. The number of hydrogen-bond acceptors (Lipinski definition) is 5. The van der Waals surface area contributed by atoms with Crippen molar-refractivity contribution in [2.45, 2.75) is 25.8 Å². The van der Waals surface area contributed by atoms with Crippen molar-refractivity contribution < 1.29 is 0 Å². The number of nitrogen functional groups attached to an aromatic ring is 1. The average molecular weight is 279 g/mol. The van der Waals surface area contributed by atoms with E-state index in [1.54, 1.807) is 11.3 Å². The highest BCUT2D eigenvalue weighted by Crippen LogP contribution is 2.29. The zero-order chi connectivity index (χ0) is 12.4. The summed E-state index contributed by atoms with van der Waals surface area (Å²) in [6, 6.07) is 2.26. The van der Waals surface area contributed by atoms with Gasteiger partial charge in [0, 0.05) is 11.9 Å². The molecule has 1 aliphatic heterocycles. The van der Waals surface area contributed by atoms with E-state index in [0.29, 0.717) is 5.13 Å². The Balaban J connectivity index is 1.69. The van der Waals surface area contributed by atoms with E-state index in [0.717, 1.165) is 12.2 Å². The van der Waals surface area contributed by atoms with E-state index in [-0.39, 0.29) is 0 Å². The molecule has 0 amide bonds. The molecular formula is C13H17N3S2. The first kappa shape index (κ1) is 12.1. The van der Waals surface area contributed by atoms with Crippen LogP contribution in [-0.2, 0) is 6.54 Å². The summed E-state index contributed by atoms with van der Waals surface area (Å²) in [5.74, 6) is 0. The summed E-state index contributed by atoms with van der Waals surface area (Å²) in [6.07, 6.45) is 4.09. The van der Waals surface area contributed by atoms with Crippen LogP contribution in [0.1, 0.15) is 24.8 Å². The van der Waals surface area contributed by atoms with Crippen LogP contribution in [0.4, 0.5) is 5.13 Å². The smallest absolute Gasteiger partial charge is 0.180 e. The molecule has 0 aromatic carbocycles. The topological polar surface area (TPSA) is 42.1 Å². The Morgan fingerprint density at radius 3 is 2.72 bits per heavy atom. The number of thiophene rings is 1. The van der Waals surface area contributed by atoms with E-state index < -0.39 is 0 Å². The van der Waals surface area contributed by atoms with E-state index in [9.17, 15) is 0 Å². The Labute approximate surface area is 115 Å². The first-order valence-electron chi connectivity index (χ1n) is 6.32. The predicted octanol–water partition coefficient (Wildman–Crippen LogP) is 3.44. The molecule has 0 aliphatic carbocycles. The summed E-state index contributed by atoms with van der Waals surface area (Å²) in [5, 5.41) is 4.93. The van der Waals surface area contributed by atoms with Gasteiger partial charge >= 0.3 is 0 Å². The Morgan fingerprint density at radius 2 is 2.00 bits per heavy atom. The number of likely N-dealkylation sites (tertiary alicyclic amines) is 1. The van der Waals surface area contributed by atoms with Crippen LogP contribution in [0.15, 0.2) is 16.8 Å². The number of piperidine rings is 1. The lowest BCUT2D eigenvalue weighted by Gasteiger charge is -2.25. The predicted molar refractivity (Wildman–Crippen MR) is 79.0 cm³/mol. The molecule has 5 heteroatoms. The van der Waals surface area contributed by atoms with Gasteiger partial charge in [-0.15, -0.1) is 22.7 Å². The molecule has 0 bridgehead atoms. The largest absolute Gasteiger partial charge is 0.375 e. The molecule has 0 saturated carbocycles. The van der Waals surface area contributed by atoms with Gasteiger partial charge in [-0.05, 0) is 42.9 Å². The summed E-state index contributed by atoms with van der Waals surface area (Å²) >= 11 is 3.27. The molecule has 0 unspecified atom stereocenters. The molecule has 0 spiro atoms. The molecule has 2 aromatic heterocycles. The second kappa shape index (κ2) is 5.38. The minimum atomic E-state index is 0.649. The summed E-state index contributed by atoms with van der Waals surface area (Å²) in [4.78, 5) is 8.11. The van der Waals surface area contributed by atoms with Crippen molar-refractivity contribution in [3.8, 4) is 10.6 Å². The summed E-state index contributed by atoms with van der Waals surface area (Å²) in [7, 11) is 0. The van der Waals surface area contributed by atoms with Gasteiger partial charge in [-0.1, -0.05) is 6.42 Å². The van der Waals surface area contributed by atoms with Crippen LogP contribution in [0, 0.1) is 0 Å². The van der Waals surface area contributed by atoms with Crippen LogP contribution >= 0.6 is 22.7 Å². The molecule has 2 N–H and O–H groups in total. The Hall–Kier alpha value is -0.910. The highest BCUT2D eigenvalue weighted by atomic mass is 32.1. The number of anilines is 1. The highest BCUT2D eigenvalue weighted by molar-refractivity contribution is 7.15. The highest BCUT2D eigenvalue weighted by Gasteiger charge is 2.12. The fourth-order valence-electron chi connectivity index (χ4n) is 2.37. The maximum Gasteiger partial charge on any atom is 0.180 e. The van der Waals surface area contributed by atoms with E-state index >= 15 is 0 Å². The van der Waals surface area contributed by atoms with Crippen LogP contribution in [0.5, 0.6) is 0 Å². The van der Waals surface area contributed by atoms with Crippen LogP contribution in [-0.4, -0.2) is 23.0 Å². The van der Waals surface area contributed by atoms with Crippen molar-refractivity contribution in [2.75, 3.05) is 18.8 Å². The van der Waals surface area contributed by atoms with Crippen LogP contribution in [0.3, 0.4) is 0 Å². The molecule has 1 saturated heterocycles. The standard InChI is InChI=1S/C13H17N3S2/c14-13-15-11(9-18-13)12-6-10(8-17-12)7-16-4-2-1-3-5-16/h6,8-9H,1-5,7H2,(H2,14,15). The van der Waals surface area contributed by atoms with Crippen LogP contribution in [0.25, 0.3) is 10.6 Å². The third-order valence-electron chi connectivity index (χ3n) is 3.28. The van der Waals surface area contributed by atoms with Gasteiger partial charge in [0.2, 0.25) is 0 Å². The van der Waals surface area contributed by atoms with Gasteiger partial charge in [0.1, 0.15) is 0 Å². The Morgan fingerprint density at radius 1 is 1.17 bits per heavy atom. The number of rotatable bonds is 3. The number of nitrogens with zero attached hydrogens (tertiary/aromatic N) is 2. The SMILES string of the molecule is Nc1nc(-c2cc(CN3CCCCC3)cs2)cs1. The van der Waals surface area contributed by atoms with Gasteiger partial charge in [0.25, 0.3) is 0 Å². The molecule has 3 nitrogen and oxygen atoms in total. The zero-order valence-electron chi connectivity index (χ0n) is 10.3. The summed E-state index contributed by atoms with van der Waals surface area (Å²) in [5.41, 5.74) is 8.10. The third kappa shape index (κ3) is 2.74. The normalized spacial score (nSPS) is 17.1. The van der Waals surface area contributed by atoms with Crippen molar-refractivity contribution in [1.82, 2.24) is 9.88 Å². The second-order valence-corrected chi connectivity index (χ2v) is 6.53. The molecule has 0 radical (unpaired) electrons. The monoisotopic (exact) mass is 279 g/mol. The molecule has 2 aromatic rings. The fourth-order valence-corrected chi connectivity index (χ4v) is 3.87. The summed E-state index contributed by atoms with van der Waals surface area (Å²) < 4.78 is 0. The molecule has 0 atom stereocenters. The van der Waals surface area contributed by atoms with Gasteiger partial charge in [0.15, 0.2) is 5.13 Å². The second-order valence-electron chi connectivity index (χ2n) is 4.73. The van der Waals surface area contributed by atoms with Crippen molar-refractivity contribution in [2.24, 2.45) is 0 Å². The van der Waals surface area contributed by atoms with Gasteiger partial charge in [-0.25, -0.2) is 4.98 Å². The maximum absolute atomic E-state index is 5.68. The molecular weight excluding hydrogens is 262 g/mol. The number of thiazole rings is 1. The lowest BCUT2D eigenvalue weighted by atomic mass is 10.1. The fraction of sp³-hybridized carbons (Fsp3) is 0.462. The Bertz CT molecular complexity index is 512. The van der Waals surface area contributed by atoms with E-state index in [1.165, 1.54) is 54.1 Å². The van der Waals surface area contributed by atoms with Gasteiger partial charge < -0.3 is 5.73 Å². The van der Waals surface area contributed by atoms with Crippen molar-refractivity contribution in [1.29, 1.82) is 0 Å². The zero-order valence-corrected chi connectivity index (χ0v) is 11.9. The van der Waals surface area contributed by atoms with Gasteiger partial charge in [-0.3, -0.25) is 4.90 Å². The number of hydrogen-bond donors (Lipinski definition) is 1. The third-order valence-corrected chi connectivity index (χ3v) is 4.96. The first-order chi connectivity index (χ1) is 8.81. The maximum atomic E-state index is 5.68. The van der Waals surface area contributed by atoms with Gasteiger partial charge in [0.05, 0.1) is 10.6 Å². The molecule has 1 fully saturated rings. The van der Waals surface area contributed by atoms with Gasteiger partial charge in [-0.2, -0.15) is 0 Å². The van der Waals surface area contributed by atoms with E-state index in [4.69, 9.17) is 5.73 Å². The van der Waals surface area contributed by atoms with Crippen LogP contribution < -0.4 is 5.73 Å². The minimum absolute atomic E-state index is 0.649. The molecule has 1 aliphatic rings. The average Bonchev–Trinajstić information content (AvgIpc) is 2.99.